The molecule has 0 spiro atoms. The minimum atomic E-state index is -3.27. The van der Waals surface area contributed by atoms with Gasteiger partial charge in [-0.15, -0.1) is 0 Å². The highest BCUT2D eigenvalue weighted by atomic mass is 32.2. The van der Waals surface area contributed by atoms with Gasteiger partial charge in [-0.25, -0.2) is 8.42 Å². The molecule has 0 bridgehead atoms. The van der Waals surface area contributed by atoms with Gasteiger partial charge in [0.2, 0.25) is 5.91 Å². The van der Waals surface area contributed by atoms with Gasteiger partial charge in [0.25, 0.3) is 0 Å². The molecule has 0 heterocycles. The van der Waals surface area contributed by atoms with Gasteiger partial charge >= 0.3 is 0 Å². The molecule has 4 nitrogen and oxygen atoms in total. The van der Waals surface area contributed by atoms with E-state index in [0.29, 0.717) is 0 Å². The molecule has 1 saturated carbocycles. The summed E-state index contributed by atoms with van der Waals surface area (Å²) < 4.78 is 23.1. The molecule has 0 aromatic rings. The van der Waals surface area contributed by atoms with Gasteiger partial charge in [-0.05, 0) is 38.5 Å². The lowest BCUT2D eigenvalue weighted by Crippen LogP contribution is -2.44. The van der Waals surface area contributed by atoms with E-state index in [0.717, 1.165) is 31.6 Å². The third-order valence-electron chi connectivity index (χ3n) is 3.67. The molecule has 0 saturated heterocycles. The van der Waals surface area contributed by atoms with E-state index < -0.39 is 15.1 Å². The predicted octanol–water partition coefficient (Wildman–Crippen LogP) is 1.50. The van der Waals surface area contributed by atoms with Crippen LogP contribution in [0.1, 0.15) is 46.5 Å². The fraction of sp³-hybridized carbons (Fsp3) is 0.917. The Balaban J connectivity index is 2.50. The molecule has 1 amide bonds. The van der Waals surface area contributed by atoms with Gasteiger partial charge in [-0.2, -0.15) is 0 Å². The first-order valence-electron chi connectivity index (χ1n) is 6.38. The van der Waals surface area contributed by atoms with Crippen molar-refractivity contribution in [1.29, 1.82) is 0 Å². The Morgan fingerprint density at radius 1 is 1.29 bits per heavy atom. The molecular formula is C12H23NO3S. The Hall–Kier alpha value is -0.580. The quantitative estimate of drug-likeness (QED) is 0.834. The number of amides is 1. The zero-order valence-electron chi connectivity index (χ0n) is 10.9. The van der Waals surface area contributed by atoms with Gasteiger partial charge in [0, 0.05) is 11.8 Å². The second kappa shape index (κ2) is 5.85. The van der Waals surface area contributed by atoms with Crippen LogP contribution in [0.4, 0.5) is 0 Å². The topological polar surface area (TPSA) is 63.2 Å². The number of rotatable bonds is 4. The smallest absolute Gasteiger partial charge is 0.238 e. The zero-order chi connectivity index (χ0) is 13.1. The van der Waals surface area contributed by atoms with Crippen LogP contribution < -0.4 is 5.32 Å². The molecule has 0 radical (unpaired) electrons. The van der Waals surface area contributed by atoms with Crippen molar-refractivity contribution in [3.63, 3.8) is 0 Å². The highest BCUT2D eigenvalue weighted by Crippen LogP contribution is 2.23. The molecule has 5 heteroatoms. The average Bonchev–Trinajstić information content (AvgIpc) is 2.31. The summed E-state index contributed by atoms with van der Waals surface area (Å²) >= 11 is 0. The lowest BCUT2D eigenvalue weighted by molar-refractivity contribution is -0.121. The van der Waals surface area contributed by atoms with Gasteiger partial charge < -0.3 is 5.32 Å². The summed E-state index contributed by atoms with van der Waals surface area (Å²) in [5.41, 5.74) is 0. The number of carbonyl (C=O) groups is 1. The summed E-state index contributed by atoms with van der Waals surface area (Å²) in [5, 5.41) is 1.94. The van der Waals surface area contributed by atoms with E-state index in [-0.39, 0.29) is 17.7 Å². The molecule has 0 aromatic heterocycles. The molecule has 1 aliphatic rings. The van der Waals surface area contributed by atoms with E-state index in [1.807, 2.05) is 0 Å². The Bertz CT molecular complexity index is 356. The molecule has 0 aromatic carbocycles. The van der Waals surface area contributed by atoms with Crippen molar-refractivity contribution in [2.45, 2.75) is 57.7 Å². The molecule has 1 fully saturated rings. The maximum Gasteiger partial charge on any atom is 0.238 e. The van der Waals surface area contributed by atoms with Gasteiger partial charge in [-0.1, -0.05) is 13.8 Å². The normalized spacial score (nSPS) is 27.5. The van der Waals surface area contributed by atoms with Crippen LogP contribution in [0.25, 0.3) is 0 Å². The monoisotopic (exact) mass is 261 g/mol. The van der Waals surface area contributed by atoms with Gasteiger partial charge in [0.1, 0.15) is 5.25 Å². The molecule has 17 heavy (non-hydrogen) atoms. The Kier molecular flexibility index (Phi) is 4.98. The summed E-state index contributed by atoms with van der Waals surface area (Å²) in [6, 6.07) is 0.160. The Labute approximate surface area is 104 Å². The van der Waals surface area contributed by atoms with Crippen LogP contribution in [-0.4, -0.2) is 31.4 Å². The largest absolute Gasteiger partial charge is 0.352 e. The van der Waals surface area contributed by atoms with Crippen molar-refractivity contribution in [3.8, 4) is 0 Å². The van der Waals surface area contributed by atoms with E-state index in [2.05, 4.69) is 12.2 Å². The van der Waals surface area contributed by atoms with Crippen LogP contribution in [0.3, 0.4) is 0 Å². The van der Waals surface area contributed by atoms with Crippen LogP contribution >= 0.6 is 0 Å². The number of hydrogen-bond donors (Lipinski definition) is 1. The maximum absolute atomic E-state index is 11.8. The summed E-state index contributed by atoms with van der Waals surface area (Å²) in [4.78, 5) is 11.8. The van der Waals surface area contributed by atoms with Crippen LogP contribution in [0, 0.1) is 5.92 Å². The third-order valence-corrected chi connectivity index (χ3v) is 5.77. The van der Waals surface area contributed by atoms with E-state index in [9.17, 15) is 13.2 Å². The van der Waals surface area contributed by atoms with Crippen LogP contribution in [0.2, 0.25) is 0 Å². The minimum Gasteiger partial charge on any atom is -0.352 e. The van der Waals surface area contributed by atoms with Crippen molar-refractivity contribution in [2.24, 2.45) is 5.92 Å². The summed E-state index contributed by atoms with van der Waals surface area (Å²) in [7, 11) is -3.27. The zero-order valence-corrected chi connectivity index (χ0v) is 11.7. The minimum absolute atomic E-state index is 0.0172. The second-order valence-electron chi connectivity index (χ2n) is 5.06. The number of sulfone groups is 1. The standard InChI is InChI=1S/C12H23NO3S/c1-4-17(15,16)10(3)12(14)13-11-7-5-9(2)6-8-11/h9-11H,4-8H2,1-3H3,(H,13,14). The Morgan fingerprint density at radius 3 is 2.29 bits per heavy atom. The summed E-state index contributed by atoms with van der Waals surface area (Å²) in [5.74, 6) is 0.398. The third kappa shape index (κ3) is 3.98. The van der Waals surface area contributed by atoms with Crippen LogP contribution in [-0.2, 0) is 14.6 Å². The summed E-state index contributed by atoms with van der Waals surface area (Å²) in [6.07, 6.45) is 4.15. The van der Waals surface area contributed by atoms with E-state index in [1.165, 1.54) is 6.92 Å². The lowest BCUT2D eigenvalue weighted by Gasteiger charge is -2.27. The fourth-order valence-corrected chi connectivity index (χ4v) is 3.03. The fourth-order valence-electron chi connectivity index (χ4n) is 2.14. The molecule has 1 atom stereocenters. The van der Waals surface area contributed by atoms with Gasteiger partial charge in [-0.3, -0.25) is 4.79 Å². The predicted molar refractivity (Wildman–Crippen MR) is 68.5 cm³/mol. The maximum atomic E-state index is 11.8. The lowest BCUT2D eigenvalue weighted by atomic mass is 9.87. The SMILES string of the molecule is CCS(=O)(=O)C(C)C(=O)NC1CCC(C)CC1. The Morgan fingerprint density at radius 2 is 1.82 bits per heavy atom. The van der Waals surface area contributed by atoms with Gasteiger partial charge in [0.05, 0.1) is 0 Å². The van der Waals surface area contributed by atoms with Crippen molar-refractivity contribution in [3.05, 3.63) is 0 Å². The van der Waals surface area contributed by atoms with E-state index in [1.54, 1.807) is 6.92 Å². The van der Waals surface area contributed by atoms with E-state index in [4.69, 9.17) is 0 Å². The molecule has 1 N–H and O–H groups in total. The number of hydrogen-bond acceptors (Lipinski definition) is 3. The van der Waals surface area contributed by atoms with Crippen LogP contribution in [0.15, 0.2) is 0 Å². The molecule has 0 aliphatic heterocycles. The second-order valence-corrected chi connectivity index (χ2v) is 7.67. The van der Waals surface area contributed by atoms with Crippen molar-refractivity contribution >= 4 is 15.7 Å². The number of carbonyl (C=O) groups excluding carboxylic acids is 1. The molecular weight excluding hydrogens is 238 g/mol. The first-order valence-corrected chi connectivity index (χ1v) is 8.10. The van der Waals surface area contributed by atoms with Gasteiger partial charge in [0.15, 0.2) is 9.84 Å². The number of nitrogens with one attached hydrogen (secondary N) is 1. The van der Waals surface area contributed by atoms with E-state index >= 15 is 0 Å². The molecule has 1 rings (SSSR count). The first kappa shape index (κ1) is 14.5. The molecule has 1 unspecified atom stereocenters. The van der Waals surface area contributed by atoms with Crippen molar-refractivity contribution in [2.75, 3.05) is 5.75 Å². The molecule has 1 aliphatic carbocycles. The highest BCUT2D eigenvalue weighted by molar-refractivity contribution is 7.92. The highest BCUT2D eigenvalue weighted by Gasteiger charge is 2.28. The van der Waals surface area contributed by atoms with Crippen molar-refractivity contribution < 1.29 is 13.2 Å². The van der Waals surface area contributed by atoms with Crippen molar-refractivity contribution in [1.82, 2.24) is 5.32 Å². The average molecular weight is 261 g/mol. The summed E-state index contributed by atoms with van der Waals surface area (Å²) in [6.45, 7) is 5.25. The first-order chi connectivity index (χ1) is 7.86. The van der Waals surface area contributed by atoms with Crippen LogP contribution in [0.5, 0.6) is 0 Å². The molecule has 100 valence electrons.